The van der Waals surface area contributed by atoms with Gasteiger partial charge >= 0.3 is 0 Å². The first-order chi connectivity index (χ1) is 23.4. The monoisotopic (exact) mass is 700 g/mol. The SMILES string of the molecule is CCN(C(=O)c1cc(F)ccc1Oc1cncnc1N1CC2(CCN(C[C@H]3CC[C@H](NS(=O)(=O)N4CCN(C)CC4)CC3)CC2)C1)C(C)C. The minimum absolute atomic E-state index is 0.0309. The summed E-state index contributed by atoms with van der Waals surface area (Å²) in [5.41, 5.74) is 0.409. The largest absolute Gasteiger partial charge is 0.451 e. The van der Waals surface area contributed by atoms with Gasteiger partial charge in [0.1, 0.15) is 17.9 Å². The number of anilines is 1. The Morgan fingerprint density at radius 3 is 2.41 bits per heavy atom. The maximum Gasteiger partial charge on any atom is 0.279 e. The molecule has 3 aliphatic heterocycles. The second kappa shape index (κ2) is 15.1. The van der Waals surface area contributed by atoms with Crippen molar-refractivity contribution in [2.24, 2.45) is 11.3 Å². The van der Waals surface area contributed by atoms with Crippen LogP contribution in [0.2, 0.25) is 0 Å². The van der Waals surface area contributed by atoms with E-state index in [9.17, 15) is 17.6 Å². The van der Waals surface area contributed by atoms with E-state index in [0.717, 1.165) is 84.3 Å². The number of rotatable bonds is 11. The second-order valence-corrected chi connectivity index (χ2v) is 16.5. The fraction of sp³-hybridized carbons (Fsp3) is 0.686. The van der Waals surface area contributed by atoms with Crippen LogP contribution in [0.25, 0.3) is 0 Å². The standard InChI is InChI=1S/C35H53FN8O4S/c1-5-44(26(2)3)34(45)30-20-28(36)8-11-31(30)48-32-21-37-25-38-33(32)42-23-35(24-42)12-14-41(15-13-35)22-27-6-9-29(10-7-27)39-49(46,47)43-18-16-40(4)17-19-43/h8,11,20-21,25-27,29,39H,5-7,9-10,12-19,22-24H2,1-4H3/t27-,29-. The van der Waals surface area contributed by atoms with E-state index in [1.807, 2.05) is 27.8 Å². The van der Waals surface area contributed by atoms with Crippen LogP contribution < -0.4 is 14.4 Å². The van der Waals surface area contributed by atoms with E-state index < -0.39 is 16.0 Å². The van der Waals surface area contributed by atoms with E-state index in [4.69, 9.17) is 4.74 Å². The fourth-order valence-corrected chi connectivity index (χ4v) is 9.43. The van der Waals surface area contributed by atoms with Crippen LogP contribution in [0.3, 0.4) is 0 Å². The highest BCUT2D eigenvalue weighted by atomic mass is 32.2. The molecule has 2 aromatic rings. The van der Waals surface area contributed by atoms with Crippen molar-refractivity contribution in [3.63, 3.8) is 0 Å². The predicted molar refractivity (Wildman–Crippen MR) is 188 cm³/mol. The lowest BCUT2D eigenvalue weighted by atomic mass is 9.71. The molecule has 1 amide bonds. The van der Waals surface area contributed by atoms with Gasteiger partial charge in [-0.05, 0) is 104 Å². The van der Waals surface area contributed by atoms with Crippen LogP contribution in [0.5, 0.6) is 11.5 Å². The zero-order valence-electron chi connectivity index (χ0n) is 29.5. The molecule has 270 valence electrons. The van der Waals surface area contributed by atoms with Gasteiger partial charge in [-0.3, -0.25) is 4.79 Å². The van der Waals surface area contributed by atoms with Crippen LogP contribution in [0.15, 0.2) is 30.7 Å². The van der Waals surface area contributed by atoms with Crippen molar-refractivity contribution in [2.75, 3.05) is 77.4 Å². The van der Waals surface area contributed by atoms with Crippen molar-refractivity contribution in [1.29, 1.82) is 0 Å². The smallest absolute Gasteiger partial charge is 0.279 e. The molecule has 6 rings (SSSR count). The molecule has 1 saturated carbocycles. The molecule has 1 aromatic heterocycles. The lowest BCUT2D eigenvalue weighted by molar-refractivity contribution is 0.0617. The summed E-state index contributed by atoms with van der Waals surface area (Å²) in [4.78, 5) is 30.8. The molecule has 1 spiro atoms. The van der Waals surface area contributed by atoms with Gasteiger partial charge in [0.05, 0.1) is 11.8 Å². The van der Waals surface area contributed by atoms with Crippen molar-refractivity contribution < 1.29 is 22.3 Å². The molecule has 0 radical (unpaired) electrons. The Balaban J connectivity index is 0.984. The van der Waals surface area contributed by atoms with Crippen LogP contribution >= 0.6 is 0 Å². The normalized spacial score (nSPS) is 23.8. The highest BCUT2D eigenvalue weighted by Crippen LogP contribution is 2.45. The Hall–Kier alpha value is -2.91. The number of nitrogens with zero attached hydrogens (tertiary/aromatic N) is 7. The first-order valence-corrected chi connectivity index (χ1v) is 19.4. The second-order valence-electron chi connectivity index (χ2n) is 14.8. The van der Waals surface area contributed by atoms with Crippen molar-refractivity contribution in [3.8, 4) is 11.5 Å². The molecule has 14 heteroatoms. The van der Waals surface area contributed by atoms with Crippen molar-refractivity contribution >= 4 is 21.9 Å². The van der Waals surface area contributed by atoms with E-state index in [1.165, 1.54) is 24.5 Å². The van der Waals surface area contributed by atoms with Gasteiger partial charge in [-0.25, -0.2) is 14.4 Å². The summed E-state index contributed by atoms with van der Waals surface area (Å²) in [6.45, 7) is 13.9. The lowest BCUT2D eigenvalue weighted by Crippen LogP contribution is -2.61. The first kappa shape index (κ1) is 35.9. The van der Waals surface area contributed by atoms with E-state index in [2.05, 4.69) is 29.4 Å². The summed E-state index contributed by atoms with van der Waals surface area (Å²) in [5, 5.41) is 0. The number of halogens is 1. The maximum atomic E-state index is 14.3. The number of likely N-dealkylation sites (N-methyl/N-ethyl adjacent to an activating group) is 1. The molecule has 0 atom stereocenters. The Bertz CT molecular complexity index is 1550. The lowest BCUT2D eigenvalue weighted by Gasteiger charge is -2.54. The molecule has 4 aliphatic rings. The van der Waals surface area contributed by atoms with Gasteiger partial charge in [-0.2, -0.15) is 17.4 Å². The van der Waals surface area contributed by atoms with Gasteiger partial charge in [0.25, 0.3) is 16.1 Å². The number of carbonyl (C=O) groups is 1. The van der Waals surface area contributed by atoms with E-state index >= 15 is 0 Å². The third-order valence-electron chi connectivity index (χ3n) is 11.0. The van der Waals surface area contributed by atoms with Gasteiger partial charge in [-0.1, -0.05) is 0 Å². The van der Waals surface area contributed by atoms with Crippen LogP contribution in [0.1, 0.15) is 69.7 Å². The summed E-state index contributed by atoms with van der Waals surface area (Å²) in [6, 6.07) is 4.03. The third-order valence-corrected chi connectivity index (χ3v) is 12.7. The van der Waals surface area contributed by atoms with Gasteiger partial charge in [0.2, 0.25) is 0 Å². The minimum Gasteiger partial charge on any atom is -0.451 e. The van der Waals surface area contributed by atoms with E-state index in [1.54, 1.807) is 15.4 Å². The number of amides is 1. The van der Waals surface area contributed by atoms with Crippen LogP contribution in [0.4, 0.5) is 10.2 Å². The number of carbonyl (C=O) groups excluding carboxylic acids is 1. The zero-order chi connectivity index (χ0) is 34.8. The quantitative estimate of drug-likeness (QED) is 0.374. The zero-order valence-corrected chi connectivity index (χ0v) is 30.3. The molecule has 1 aromatic carbocycles. The number of hydrogen-bond donors (Lipinski definition) is 1. The molecular weight excluding hydrogens is 648 g/mol. The van der Waals surface area contributed by atoms with Crippen molar-refractivity contribution in [2.45, 2.75) is 71.4 Å². The summed E-state index contributed by atoms with van der Waals surface area (Å²) in [7, 11) is -1.39. The number of piperidine rings is 1. The maximum absolute atomic E-state index is 14.3. The van der Waals surface area contributed by atoms with E-state index in [-0.39, 0.29) is 34.7 Å². The summed E-state index contributed by atoms with van der Waals surface area (Å²) in [5.74, 6) is 1.25. The molecule has 4 fully saturated rings. The van der Waals surface area contributed by atoms with Gasteiger partial charge in [0.15, 0.2) is 11.6 Å². The first-order valence-electron chi connectivity index (χ1n) is 18.0. The van der Waals surface area contributed by atoms with Gasteiger partial charge < -0.3 is 24.3 Å². The molecule has 0 bridgehead atoms. The highest BCUT2D eigenvalue weighted by Gasteiger charge is 2.46. The number of likely N-dealkylation sites (tertiary alicyclic amines) is 1. The number of ether oxygens (including phenoxy) is 1. The molecular formula is C35H53FN8O4S. The summed E-state index contributed by atoms with van der Waals surface area (Å²) in [6.07, 6.45) is 9.25. The Morgan fingerprint density at radius 2 is 1.76 bits per heavy atom. The molecule has 12 nitrogen and oxygen atoms in total. The number of aromatic nitrogens is 2. The predicted octanol–water partition coefficient (Wildman–Crippen LogP) is 3.82. The molecule has 0 unspecified atom stereocenters. The van der Waals surface area contributed by atoms with Crippen molar-refractivity contribution in [3.05, 3.63) is 42.1 Å². The Morgan fingerprint density at radius 1 is 1.06 bits per heavy atom. The Labute approximate surface area is 291 Å². The minimum atomic E-state index is -3.42. The average molecular weight is 701 g/mol. The van der Waals surface area contributed by atoms with Gasteiger partial charge in [0, 0.05) is 69.9 Å². The molecule has 1 aliphatic carbocycles. The molecule has 1 N–H and O–H groups in total. The number of benzene rings is 1. The number of hydrogen-bond acceptors (Lipinski definition) is 9. The van der Waals surface area contributed by atoms with Crippen LogP contribution in [-0.4, -0.2) is 128 Å². The Kier molecular flexibility index (Phi) is 11.1. The molecule has 3 saturated heterocycles. The highest BCUT2D eigenvalue weighted by molar-refractivity contribution is 7.87. The molecule has 4 heterocycles. The summed E-state index contributed by atoms with van der Waals surface area (Å²) < 4.78 is 51.0. The fourth-order valence-electron chi connectivity index (χ4n) is 7.98. The molecule has 49 heavy (non-hydrogen) atoms. The topological polar surface area (TPSA) is 114 Å². The third kappa shape index (κ3) is 8.36. The van der Waals surface area contributed by atoms with E-state index in [0.29, 0.717) is 37.1 Å². The van der Waals surface area contributed by atoms with Gasteiger partial charge in [-0.15, -0.1) is 0 Å². The van der Waals surface area contributed by atoms with Crippen LogP contribution in [-0.2, 0) is 10.2 Å². The number of piperazine rings is 1. The number of nitrogens with one attached hydrogen (secondary N) is 1. The summed E-state index contributed by atoms with van der Waals surface area (Å²) >= 11 is 0. The van der Waals surface area contributed by atoms with Crippen LogP contribution in [0, 0.1) is 17.2 Å². The average Bonchev–Trinajstić information content (AvgIpc) is 3.06. The van der Waals surface area contributed by atoms with Crippen molar-refractivity contribution in [1.82, 2.24) is 33.7 Å².